The third-order valence-electron chi connectivity index (χ3n) is 0. The van der Waals surface area contributed by atoms with Crippen LogP contribution in [0.3, 0.4) is 0 Å². The Hall–Kier alpha value is 1.08. The van der Waals surface area contributed by atoms with E-state index in [-0.39, 0.29) is 86.6 Å². The molecule has 0 aliphatic carbocycles. The Morgan fingerprint density at radius 3 is 0.300 bits per heavy atom. The summed E-state index contributed by atoms with van der Waals surface area (Å²) >= 11 is 0. The first-order chi connectivity index (χ1) is 0. The van der Waals surface area contributed by atoms with E-state index in [0.29, 0.717) is 0 Å². The van der Waals surface area contributed by atoms with Crippen LogP contribution >= 0.6 is 0 Å². The van der Waals surface area contributed by atoms with E-state index >= 15 is 0 Å². The van der Waals surface area contributed by atoms with Gasteiger partial charge in [0.25, 0.3) is 0 Å². The van der Waals surface area contributed by atoms with Crippen LogP contribution in [0.15, 0.2) is 0 Å². The summed E-state index contributed by atoms with van der Waals surface area (Å²) in [5, 5.41) is 0. The Kier molecular flexibility index (Phi) is 68200. The zero-order chi connectivity index (χ0) is 0. The molecule has 0 fully saturated rings. The largest absolute Gasteiger partial charge is 4.00 e. The average Bonchev–Trinajstić information content (AvgIpc) is 0. The van der Waals surface area contributed by atoms with Gasteiger partial charge < -0.3 is 43.8 Å². The van der Waals surface area contributed by atoms with Crippen molar-refractivity contribution < 1.29 is 86.6 Å². The van der Waals surface area contributed by atoms with E-state index in [4.69, 9.17) is 0 Å². The van der Waals surface area contributed by atoms with Crippen LogP contribution in [0.25, 0.3) is 0 Å². The molecule has 8 N–H and O–H groups in total. The van der Waals surface area contributed by atoms with Crippen molar-refractivity contribution in [2.24, 2.45) is 0 Å². The standard InChI is InChI=1S/8H2O.Ti.W/h8*1H2;;/q;;;;;;;;2*+4/p-8. The van der Waals surface area contributed by atoms with Gasteiger partial charge in [-0.1, -0.05) is 0 Å². The van der Waals surface area contributed by atoms with Crippen molar-refractivity contribution in [3.63, 3.8) is 0 Å². The van der Waals surface area contributed by atoms with Gasteiger partial charge in [-0.2, -0.15) is 0 Å². The molecular weight excluding hydrogens is 360 g/mol. The van der Waals surface area contributed by atoms with E-state index in [2.05, 4.69) is 0 Å². The summed E-state index contributed by atoms with van der Waals surface area (Å²) in [5.74, 6) is 0. The third kappa shape index (κ3) is 506. The van der Waals surface area contributed by atoms with Gasteiger partial charge in [-0.25, -0.2) is 0 Å². The van der Waals surface area contributed by atoms with Crippen molar-refractivity contribution in [3.05, 3.63) is 0 Å². The van der Waals surface area contributed by atoms with Gasteiger partial charge in [0, 0.05) is 0 Å². The van der Waals surface area contributed by atoms with Crippen LogP contribution in [-0.4, -0.2) is 43.8 Å². The molecule has 10 heavy (non-hydrogen) atoms. The Morgan fingerprint density at radius 2 is 0.300 bits per heavy atom. The van der Waals surface area contributed by atoms with Crippen LogP contribution in [0.1, 0.15) is 0 Å². The average molecular weight is 368 g/mol. The third-order valence-corrected chi connectivity index (χ3v) is 0. The van der Waals surface area contributed by atoms with Gasteiger partial charge in [0.05, 0.1) is 0 Å². The molecule has 66 valence electrons. The first-order valence-corrected chi connectivity index (χ1v) is 0. The molecule has 0 amide bonds. The first-order valence-electron chi connectivity index (χ1n) is 0. The second-order valence-corrected chi connectivity index (χ2v) is 0. The van der Waals surface area contributed by atoms with Crippen LogP contribution in [-0.2, 0) is 42.8 Å². The second-order valence-electron chi connectivity index (χ2n) is 0. The first kappa shape index (κ1) is 961. The summed E-state index contributed by atoms with van der Waals surface area (Å²) in [6, 6.07) is 0. The Morgan fingerprint density at radius 1 is 0.300 bits per heavy atom. The maximum atomic E-state index is 0. The molecule has 10 heteroatoms. The normalized spacial score (nSPS) is 0. The van der Waals surface area contributed by atoms with E-state index < -0.39 is 0 Å². The smallest absolute Gasteiger partial charge is 0.870 e. The predicted molar refractivity (Wildman–Crippen MR) is 15.5 cm³/mol. The van der Waals surface area contributed by atoms with Crippen LogP contribution in [0.4, 0.5) is 0 Å². The van der Waals surface area contributed by atoms with E-state index in [1.54, 1.807) is 0 Å². The van der Waals surface area contributed by atoms with E-state index in [9.17, 15) is 0 Å². The predicted octanol–water partition coefficient (Wildman–Crippen LogP) is -1.42. The summed E-state index contributed by atoms with van der Waals surface area (Å²) < 4.78 is 0. The van der Waals surface area contributed by atoms with Gasteiger partial charge >= 0.3 is 42.8 Å². The molecule has 0 spiro atoms. The summed E-state index contributed by atoms with van der Waals surface area (Å²) in [7, 11) is 0. The van der Waals surface area contributed by atoms with Crippen LogP contribution in [0, 0.1) is 0 Å². The van der Waals surface area contributed by atoms with Crippen molar-refractivity contribution >= 4 is 0 Å². The SMILES string of the molecule is [OH-].[OH-].[OH-].[OH-].[OH-].[OH-].[OH-].[OH-].[Ti+4].[W+4]. The van der Waals surface area contributed by atoms with Gasteiger partial charge in [0.2, 0.25) is 0 Å². The van der Waals surface area contributed by atoms with Crippen molar-refractivity contribution in [1.29, 1.82) is 0 Å². The Bertz CT molecular complexity index is 9.22. The molecule has 8 nitrogen and oxygen atoms in total. The molecule has 0 aromatic rings. The van der Waals surface area contributed by atoms with Crippen molar-refractivity contribution in [2.45, 2.75) is 0 Å². The Labute approximate surface area is 86.6 Å². The fraction of sp³-hybridized carbons (Fsp3) is 0. The Balaban J connectivity index is 0. The van der Waals surface area contributed by atoms with Crippen molar-refractivity contribution in [3.8, 4) is 0 Å². The van der Waals surface area contributed by atoms with Crippen LogP contribution < -0.4 is 0 Å². The maximum Gasteiger partial charge on any atom is 4.00 e. The van der Waals surface area contributed by atoms with Gasteiger partial charge in [-0.3, -0.25) is 0 Å². The van der Waals surface area contributed by atoms with Crippen LogP contribution in [0.2, 0.25) is 0 Å². The summed E-state index contributed by atoms with van der Waals surface area (Å²) in [6.45, 7) is 0. The summed E-state index contributed by atoms with van der Waals surface area (Å²) in [6.07, 6.45) is 0. The minimum atomic E-state index is 0. The quantitative estimate of drug-likeness (QED) is 0.458. The molecular formula is H8O8TiW. The van der Waals surface area contributed by atoms with E-state index in [1.807, 2.05) is 0 Å². The van der Waals surface area contributed by atoms with Crippen LogP contribution in [0.5, 0.6) is 0 Å². The zero-order valence-electron chi connectivity index (χ0n) is 4.49. The molecule has 0 atom stereocenters. The zero-order valence-corrected chi connectivity index (χ0v) is 8.98. The summed E-state index contributed by atoms with van der Waals surface area (Å²) in [5.41, 5.74) is 0. The summed E-state index contributed by atoms with van der Waals surface area (Å²) in [4.78, 5) is 0. The van der Waals surface area contributed by atoms with Gasteiger partial charge in [0.15, 0.2) is 0 Å². The molecule has 0 aromatic heterocycles. The van der Waals surface area contributed by atoms with Crippen molar-refractivity contribution in [1.82, 2.24) is 0 Å². The topological polar surface area (TPSA) is 240 Å². The molecule has 0 heterocycles. The number of hydrogen-bond donors (Lipinski definition) is 0. The minimum Gasteiger partial charge on any atom is -0.870 e. The molecule has 0 saturated carbocycles. The minimum absolute atomic E-state index is 0. The van der Waals surface area contributed by atoms with Gasteiger partial charge in [-0.05, 0) is 0 Å². The van der Waals surface area contributed by atoms with Gasteiger partial charge in [-0.15, -0.1) is 0 Å². The molecule has 0 radical (unpaired) electrons. The molecule has 0 unspecified atom stereocenters. The van der Waals surface area contributed by atoms with E-state index in [1.165, 1.54) is 0 Å². The van der Waals surface area contributed by atoms with Crippen molar-refractivity contribution in [2.75, 3.05) is 0 Å². The fourth-order valence-electron chi connectivity index (χ4n) is 0. The maximum absolute atomic E-state index is 0. The molecule has 0 aromatic carbocycles. The number of rotatable bonds is 0. The molecule has 0 saturated heterocycles. The second kappa shape index (κ2) is 710. The number of hydrogen-bond acceptors (Lipinski definition) is 8. The molecule has 0 bridgehead atoms. The van der Waals surface area contributed by atoms with E-state index in [0.717, 1.165) is 0 Å². The van der Waals surface area contributed by atoms with Gasteiger partial charge in [0.1, 0.15) is 0 Å². The monoisotopic (exact) mass is 368 g/mol. The molecule has 0 aliphatic heterocycles. The fourth-order valence-corrected chi connectivity index (χ4v) is 0. The molecule has 0 aliphatic rings. The molecule has 0 rings (SSSR count).